The van der Waals surface area contributed by atoms with Crippen LogP contribution in [0.15, 0.2) is 0 Å². The van der Waals surface area contributed by atoms with Gasteiger partial charge >= 0.3 is 5.97 Å². The maximum Gasteiger partial charge on any atom is 0.309 e. The summed E-state index contributed by atoms with van der Waals surface area (Å²) in [5.41, 5.74) is 0. The summed E-state index contributed by atoms with van der Waals surface area (Å²) in [7, 11) is 0. The summed E-state index contributed by atoms with van der Waals surface area (Å²) in [6.45, 7) is 2.99. The third-order valence-electron chi connectivity index (χ3n) is 2.40. The van der Waals surface area contributed by atoms with Crippen LogP contribution in [-0.4, -0.2) is 48.3 Å². The average Bonchev–Trinajstić information content (AvgIpc) is 1.70. The van der Waals surface area contributed by atoms with Crippen molar-refractivity contribution in [2.24, 2.45) is 5.92 Å². The van der Waals surface area contributed by atoms with Crippen LogP contribution in [0.4, 0.5) is 0 Å². The Morgan fingerprint density at radius 2 is 2.09 bits per heavy atom. The van der Waals surface area contributed by atoms with Crippen molar-refractivity contribution in [1.29, 1.82) is 0 Å². The number of nitrogens with zero attached hydrogens (tertiary/aromatic N) is 1. The maximum atomic E-state index is 10.4. The van der Waals surface area contributed by atoms with Crippen LogP contribution in [0.25, 0.3) is 0 Å². The van der Waals surface area contributed by atoms with Gasteiger partial charge in [-0.3, -0.25) is 9.69 Å². The van der Waals surface area contributed by atoms with Crippen molar-refractivity contribution in [2.75, 3.05) is 26.3 Å². The van der Waals surface area contributed by atoms with Crippen molar-refractivity contribution < 1.29 is 14.6 Å². The zero-order valence-corrected chi connectivity index (χ0v) is 6.19. The molecule has 0 amide bonds. The average molecular weight is 157 g/mol. The Hall–Kier alpha value is -0.610. The van der Waals surface area contributed by atoms with Crippen LogP contribution >= 0.6 is 0 Å². The number of ether oxygens (including phenoxy) is 1. The van der Waals surface area contributed by atoms with Gasteiger partial charge in [0.15, 0.2) is 0 Å². The largest absolute Gasteiger partial charge is 0.481 e. The number of carboxylic acid groups (broad SMARTS) is 1. The summed E-state index contributed by atoms with van der Waals surface area (Å²) in [4.78, 5) is 12.6. The Labute approximate surface area is 64.7 Å². The highest BCUT2D eigenvalue weighted by atomic mass is 16.5. The molecule has 0 aromatic rings. The Bertz CT molecular complexity index is 173. The molecule has 2 aliphatic rings. The van der Waals surface area contributed by atoms with Crippen molar-refractivity contribution in [3.8, 4) is 0 Å². The van der Waals surface area contributed by atoms with Gasteiger partial charge in [-0.2, -0.15) is 0 Å². The first-order valence-electron chi connectivity index (χ1n) is 3.82. The lowest BCUT2D eigenvalue weighted by molar-refractivity contribution is -0.155. The van der Waals surface area contributed by atoms with Crippen LogP contribution < -0.4 is 0 Å². The Morgan fingerprint density at radius 1 is 1.45 bits per heavy atom. The molecule has 11 heavy (non-hydrogen) atoms. The number of carbonyl (C=O) groups is 1. The number of likely N-dealkylation sites (tertiary alicyclic amines) is 1. The van der Waals surface area contributed by atoms with Gasteiger partial charge in [0.25, 0.3) is 0 Å². The molecule has 0 saturated carbocycles. The Kier molecular flexibility index (Phi) is 1.58. The Balaban J connectivity index is 1.74. The zero-order valence-electron chi connectivity index (χ0n) is 6.19. The fourth-order valence-electron chi connectivity index (χ4n) is 1.40. The molecule has 2 fully saturated rings. The standard InChI is InChI=1S/C7H11NO3/c9-7(10)5-1-8(2-5)6-3-11-4-6/h5-6H,1-4H2,(H,9,10). The lowest BCUT2D eigenvalue weighted by Gasteiger charge is -2.45. The minimum atomic E-state index is -0.665. The van der Waals surface area contributed by atoms with Crippen LogP contribution in [0.1, 0.15) is 0 Å². The van der Waals surface area contributed by atoms with E-state index in [2.05, 4.69) is 4.90 Å². The first-order valence-corrected chi connectivity index (χ1v) is 3.82. The molecule has 0 atom stereocenters. The van der Waals surface area contributed by atoms with Crippen LogP contribution in [0.3, 0.4) is 0 Å². The predicted octanol–water partition coefficient (Wildman–Crippen LogP) is -0.598. The number of hydrogen-bond donors (Lipinski definition) is 1. The first-order chi connectivity index (χ1) is 5.27. The number of hydrogen-bond acceptors (Lipinski definition) is 3. The van der Waals surface area contributed by atoms with Crippen molar-refractivity contribution >= 4 is 5.97 Å². The quantitative estimate of drug-likeness (QED) is 0.581. The van der Waals surface area contributed by atoms with Crippen LogP contribution in [0.2, 0.25) is 0 Å². The second-order valence-electron chi connectivity index (χ2n) is 3.18. The van der Waals surface area contributed by atoms with Gasteiger partial charge < -0.3 is 9.84 Å². The minimum Gasteiger partial charge on any atom is -0.481 e. The van der Waals surface area contributed by atoms with Gasteiger partial charge in [0.2, 0.25) is 0 Å². The van der Waals surface area contributed by atoms with E-state index < -0.39 is 5.97 Å². The van der Waals surface area contributed by atoms with E-state index in [1.165, 1.54) is 0 Å². The molecule has 4 heteroatoms. The summed E-state index contributed by atoms with van der Waals surface area (Å²) < 4.78 is 5.00. The molecule has 0 aromatic heterocycles. The van der Waals surface area contributed by atoms with E-state index in [4.69, 9.17) is 9.84 Å². The smallest absolute Gasteiger partial charge is 0.309 e. The van der Waals surface area contributed by atoms with Gasteiger partial charge in [-0.1, -0.05) is 0 Å². The fraction of sp³-hybridized carbons (Fsp3) is 0.857. The molecular weight excluding hydrogens is 146 g/mol. The number of aliphatic carboxylic acids is 1. The molecule has 0 radical (unpaired) electrons. The van der Waals surface area contributed by atoms with Gasteiger partial charge in [0.05, 0.1) is 25.2 Å². The highest BCUT2D eigenvalue weighted by Gasteiger charge is 2.39. The molecule has 0 spiro atoms. The van der Waals surface area contributed by atoms with Crippen LogP contribution in [0.5, 0.6) is 0 Å². The molecule has 62 valence electrons. The summed E-state index contributed by atoms with van der Waals surface area (Å²) in [5.74, 6) is -0.794. The molecule has 2 heterocycles. The number of rotatable bonds is 2. The zero-order chi connectivity index (χ0) is 7.84. The maximum absolute atomic E-state index is 10.4. The fourth-order valence-corrected chi connectivity index (χ4v) is 1.40. The van der Waals surface area contributed by atoms with Crippen molar-refractivity contribution in [3.63, 3.8) is 0 Å². The summed E-state index contributed by atoms with van der Waals surface area (Å²) >= 11 is 0. The van der Waals surface area contributed by atoms with Crippen LogP contribution in [-0.2, 0) is 9.53 Å². The third kappa shape index (κ3) is 1.12. The van der Waals surface area contributed by atoms with Gasteiger partial charge in [-0.25, -0.2) is 0 Å². The topological polar surface area (TPSA) is 49.8 Å². The van der Waals surface area contributed by atoms with Gasteiger partial charge in [0, 0.05) is 13.1 Å². The lowest BCUT2D eigenvalue weighted by atomic mass is 9.97. The van der Waals surface area contributed by atoms with Gasteiger partial charge in [0.1, 0.15) is 0 Å². The molecule has 4 nitrogen and oxygen atoms in total. The molecule has 0 aromatic carbocycles. The summed E-state index contributed by atoms with van der Waals surface area (Å²) in [6, 6.07) is 0.505. The van der Waals surface area contributed by atoms with E-state index in [9.17, 15) is 4.79 Å². The molecule has 2 aliphatic heterocycles. The molecule has 0 bridgehead atoms. The molecular formula is C7H11NO3. The van der Waals surface area contributed by atoms with E-state index in [1.54, 1.807) is 0 Å². The number of carboxylic acids is 1. The Morgan fingerprint density at radius 3 is 2.45 bits per heavy atom. The molecule has 0 unspecified atom stereocenters. The molecule has 2 saturated heterocycles. The second-order valence-corrected chi connectivity index (χ2v) is 3.18. The van der Waals surface area contributed by atoms with Gasteiger partial charge in [-0.15, -0.1) is 0 Å². The highest BCUT2D eigenvalue weighted by molar-refractivity contribution is 5.71. The normalized spacial score (nSPS) is 27.6. The van der Waals surface area contributed by atoms with E-state index in [1.807, 2.05) is 0 Å². The summed E-state index contributed by atoms with van der Waals surface area (Å²) in [5, 5.41) is 8.57. The van der Waals surface area contributed by atoms with Crippen LogP contribution in [0, 0.1) is 5.92 Å². The van der Waals surface area contributed by atoms with E-state index in [-0.39, 0.29) is 5.92 Å². The second kappa shape index (κ2) is 2.46. The monoisotopic (exact) mass is 157 g/mol. The third-order valence-corrected chi connectivity index (χ3v) is 2.40. The molecule has 2 rings (SSSR count). The van der Waals surface area contributed by atoms with Gasteiger partial charge in [-0.05, 0) is 0 Å². The molecule has 0 aliphatic carbocycles. The van der Waals surface area contributed by atoms with E-state index in [0.29, 0.717) is 19.1 Å². The van der Waals surface area contributed by atoms with Crippen molar-refractivity contribution in [3.05, 3.63) is 0 Å². The lowest BCUT2D eigenvalue weighted by Crippen LogP contribution is -2.60. The first kappa shape index (κ1) is 7.06. The SMILES string of the molecule is O=C(O)C1CN(C2COC2)C1. The summed E-state index contributed by atoms with van der Waals surface area (Å²) in [6.07, 6.45) is 0. The highest BCUT2D eigenvalue weighted by Crippen LogP contribution is 2.22. The van der Waals surface area contributed by atoms with Crippen molar-refractivity contribution in [2.45, 2.75) is 6.04 Å². The predicted molar refractivity (Wildman–Crippen MR) is 37.3 cm³/mol. The molecule has 1 N–H and O–H groups in total. The van der Waals surface area contributed by atoms with E-state index >= 15 is 0 Å². The van der Waals surface area contributed by atoms with Crippen molar-refractivity contribution in [1.82, 2.24) is 4.90 Å². The minimum absolute atomic E-state index is 0.129. The van der Waals surface area contributed by atoms with E-state index in [0.717, 1.165) is 13.2 Å².